The molecule has 3 aromatic rings. The summed E-state index contributed by atoms with van der Waals surface area (Å²) in [6.45, 7) is 4.30. The molecule has 0 saturated carbocycles. The van der Waals surface area contributed by atoms with Crippen LogP contribution in [0, 0.1) is 0 Å². The molecule has 0 bridgehead atoms. The summed E-state index contributed by atoms with van der Waals surface area (Å²) in [5.74, 6) is -0.439. The van der Waals surface area contributed by atoms with Crippen molar-refractivity contribution in [2.24, 2.45) is 12.0 Å². The first-order chi connectivity index (χ1) is 14.6. The van der Waals surface area contributed by atoms with Crippen molar-refractivity contribution >= 4 is 49.1 Å². The Kier molecular flexibility index (Phi) is 6.06. The normalized spacial score (nSPS) is 21.0. The van der Waals surface area contributed by atoms with Gasteiger partial charge in [0.15, 0.2) is 4.80 Å². The van der Waals surface area contributed by atoms with Crippen LogP contribution >= 0.6 is 22.9 Å². The second-order valence-corrected chi connectivity index (χ2v) is 11.0. The number of carbonyl (C=O) groups excluding carboxylic acids is 1. The summed E-state index contributed by atoms with van der Waals surface area (Å²) >= 11 is 7.41. The van der Waals surface area contributed by atoms with E-state index in [-0.39, 0.29) is 17.1 Å². The van der Waals surface area contributed by atoms with E-state index in [0.29, 0.717) is 28.5 Å². The number of halogens is 1. The van der Waals surface area contributed by atoms with Gasteiger partial charge in [-0.3, -0.25) is 4.79 Å². The van der Waals surface area contributed by atoms with Crippen LogP contribution in [0.15, 0.2) is 52.4 Å². The first-order valence-corrected chi connectivity index (χ1v) is 12.4. The lowest BCUT2D eigenvalue weighted by Gasteiger charge is -2.34. The van der Waals surface area contributed by atoms with Crippen molar-refractivity contribution in [1.29, 1.82) is 0 Å². The van der Waals surface area contributed by atoms with Crippen molar-refractivity contribution in [3.8, 4) is 0 Å². The van der Waals surface area contributed by atoms with Crippen LogP contribution in [0.2, 0.25) is 5.02 Å². The Bertz CT molecular complexity index is 1300. The number of nitrogens with zero attached hydrogens (tertiary/aromatic N) is 3. The summed E-state index contributed by atoms with van der Waals surface area (Å²) in [5, 5.41) is 0.619. The van der Waals surface area contributed by atoms with Gasteiger partial charge in [0.05, 0.1) is 27.3 Å². The lowest BCUT2D eigenvalue weighted by molar-refractivity contribution is -0.0440. The van der Waals surface area contributed by atoms with Gasteiger partial charge in [-0.15, -0.1) is 0 Å². The molecule has 4 rings (SSSR count). The van der Waals surface area contributed by atoms with Gasteiger partial charge in [0.2, 0.25) is 10.0 Å². The van der Waals surface area contributed by atoms with Crippen LogP contribution in [-0.4, -0.2) is 48.5 Å². The molecule has 0 radical (unpaired) electrons. The summed E-state index contributed by atoms with van der Waals surface area (Å²) in [5.41, 5.74) is 1.24. The summed E-state index contributed by atoms with van der Waals surface area (Å²) in [6, 6.07) is 11.4. The van der Waals surface area contributed by atoms with Crippen LogP contribution < -0.4 is 4.80 Å². The van der Waals surface area contributed by atoms with Crippen molar-refractivity contribution < 1.29 is 17.9 Å². The van der Waals surface area contributed by atoms with E-state index in [2.05, 4.69) is 4.99 Å². The Morgan fingerprint density at radius 1 is 1.13 bits per heavy atom. The van der Waals surface area contributed by atoms with Gasteiger partial charge in [0.25, 0.3) is 5.91 Å². The van der Waals surface area contributed by atoms with E-state index in [0.717, 1.165) is 10.2 Å². The molecule has 2 aromatic carbocycles. The van der Waals surface area contributed by atoms with Crippen LogP contribution in [0.25, 0.3) is 10.2 Å². The van der Waals surface area contributed by atoms with E-state index >= 15 is 0 Å². The average molecular weight is 480 g/mol. The number of thiazole rings is 1. The third kappa shape index (κ3) is 4.47. The number of morpholine rings is 1. The van der Waals surface area contributed by atoms with Crippen LogP contribution in [0.1, 0.15) is 24.2 Å². The van der Waals surface area contributed by atoms with E-state index in [1.54, 1.807) is 6.07 Å². The van der Waals surface area contributed by atoms with E-state index in [1.165, 1.54) is 39.9 Å². The lowest BCUT2D eigenvalue weighted by atomic mass is 10.2. The van der Waals surface area contributed by atoms with Crippen LogP contribution in [0.3, 0.4) is 0 Å². The molecule has 2 atom stereocenters. The SMILES string of the molecule is C[C@H]1CN(S(=O)(=O)c2ccc(C(=O)N=c3sc4cc(Cl)ccc4n3C)cc2)C[C@H](C)O1. The fourth-order valence-electron chi connectivity index (χ4n) is 3.61. The van der Waals surface area contributed by atoms with Gasteiger partial charge in [-0.05, 0) is 56.3 Å². The topological polar surface area (TPSA) is 81.0 Å². The number of sulfonamides is 1. The Morgan fingerprint density at radius 3 is 2.42 bits per heavy atom. The summed E-state index contributed by atoms with van der Waals surface area (Å²) < 4.78 is 35.7. The first-order valence-electron chi connectivity index (χ1n) is 9.75. The highest BCUT2D eigenvalue weighted by molar-refractivity contribution is 7.89. The second-order valence-electron chi connectivity index (χ2n) is 7.58. The number of hydrogen-bond acceptors (Lipinski definition) is 5. The fraction of sp³-hybridized carbons (Fsp3) is 0.333. The number of hydrogen-bond donors (Lipinski definition) is 0. The maximum atomic E-state index is 13.0. The molecule has 0 spiro atoms. The average Bonchev–Trinajstić information content (AvgIpc) is 3.01. The minimum atomic E-state index is -3.66. The van der Waals surface area contributed by atoms with Crippen molar-refractivity contribution in [1.82, 2.24) is 8.87 Å². The first kappa shape index (κ1) is 22.2. The zero-order chi connectivity index (χ0) is 22.3. The number of benzene rings is 2. The van der Waals surface area contributed by atoms with E-state index in [4.69, 9.17) is 16.3 Å². The lowest BCUT2D eigenvalue weighted by Crippen LogP contribution is -2.48. The molecule has 0 unspecified atom stereocenters. The standard InChI is InChI=1S/C21H22ClN3O4S2/c1-13-11-25(12-14(2)29-13)31(27,28)17-7-4-15(5-8-17)20(26)23-21-24(3)18-9-6-16(22)10-19(18)30-21/h4-10,13-14H,11-12H2,1-3H3/t13-,14-/m0/s1. The molecule has 1 aliphatic rings. The van der Waals surface area contributed by atoms with Gasteiger partial charge in [-0.25, -0.2) is 8.42 Å². The molecule has 2 heterocycles. The van der Waals surface area contributed by atoms with Gasteiger partial charge in [0, 0.05) is 30.7 Å². The van der Waals surface area contributed by atoms with Crippen molar-refractivity contribution in [3.05, 3.63) is 57.9 Å². The van der Waals surface area contributed by atoms with Crippen LogP contribution in [0.4, 0.5) is 0 Å². The highest BCUT2D eigenvalue weighted by Crippen LogP contribution is 2.23. The van der Waals surface area contributed by atoms with Crippen molar-refractivity contribution in [2.45, 2.75) is 31.0 Å². The molecule has 1 aromatic heterocycles. The minimum absolute atomic E-state index is 0.146. The Balaban J connectivity index is 1.60. The highest BCUT2D eigenvalue weighted by Gasteiger charge is 2.32. The molecule has 10 heteroatoms. The molecule has 1 fully saturated rings. The molecule has 1 aliphatic heterocycles. The molecule has 31 heavy (non-hydrogen) atoms. The number of amides is 1. The van der Waals surface area contributed by atoms with E-state index in [1.807, 2.05) is 37.6 Å². The van der Waals surface area contributed by atoms with Crippen LogP contribution in [-0.2, 0) is 21.8 Å². The number of ether oxygens (including phenoxy) is 1. The van der Waals surface area contributed by atoms with Crippen molar-refractivity contribution in [2.75, 3.05) is 13.1 Å². The third-order valence-electron chi connectivity index (χ3n) is 5.09. The molecule has 7 nitrogen and oxygen atoms in total. The zero-order valence-corrected chi connectivity index (χ0v) is 19.7. The fourth-order valence-corrected chi connectivity index (χ4v) is 6.49. The van der Waals surface area contributed by atoms with Gasteiger partial charge in [-0.1, -0.05) is 22.9 Å². The van der Waals surface area contributed by atoms with Crippen molar-refractivity contribution in [3.63, 3.8) is 0 Å². The third-order valence-corrected chi connectivity index (χ3v) is 8.27. The smallest absolute Gasteiger partial charge is 0.279 e. The molecule has 1 amide bonds. The largest absolute Gasteiger partial charge is 0.373 e. The maximum absolute atomic E-state index is 13.0. The van der Waals surface area contributed by atoms with Gasteiger partial charge in [-0.2, -0.15) is 9.30 Å². The zero-order valence-electron chi connectivity index (χ0n) is 17.3. The van der Waals surface area contributed by atoms with E-state index < -0.39 is 15.9 Å². The minimum Gasteiger partial charge on any atom is -0.373 e. The summed E-state index contributed by atoms with van der Waals surface area (Å²) in [6.07, 6.45) is -0.342. The quantitative estimate of drug-likeness (QED) is 0.576. The molecular formula is C21H22ClN3O4S2. The second kappa shape index (κ2) is 8.48. The Hall–Kier alpha value is -2.04. The van der Waals surface area contributed by atoms with Gasteiger partial charge < -0.3 is 9.30 Å². The Morgan fingerprint density at radius 2 is 1.77 bits per heavy atom. The molecular weight excluding hydrogens is 458 g/mol. The highest BCUT2D eigenvalue weighted by atomic mass is 35.5. The van der Waals surface area contributed by atoms with Gasteiger partial charge >= 0.3 is 0 Å². The number of aryl methyl sites for hydroxylation is 1. The molecule has 1 saturated heterocycles. The summed E-state index contributed by atoms with van der Waals surface area (Å²) in [7, 11) is -1.83. The monoisotopic (exact) mass is 479 g/mol. The number of aromatic nitrogens is 1. The predicted molar refractivity (Wildman–Crippen MR) is 121 cm³/mol. The van der Waals surface area contributed by atoms with Crippen LogP contribution in [0.5, 0.6) is 0 Å². The number of fused-ring (bicyclic) bond motifs is 1. The summed E-state index contributed by atoms with van der Waals surface area (Å²) in [4.78, 5) is 17.6. The Labute approximate surface area is 189 Å². The number of carbonyl (C=O) groups is 1. The number of rotatable bonds is 3. The maximum Gasteiger partial charge on any atom is 0.279 e. The molecule has 164 valence electrons. The molecule has 0 N–H and O–H groups in total. The predicted octanol–water partition coefficient (Wildman–Crippen LogP) is 3.43. The molecule has 0 aliphatic carbocycles. The van der Waals surface area contributed by atoms with E-state index in [9.17, 15) is 13.2 Å². The van der Waals surface area contributed by atoms with Gasteiger partial charge in [0.1, 0.15) is 0 Å².